The Bertz CT molecular complexity index is 95.5. The number of rotatable bonds is 3. The molecule has 8 heavy (non-hydrogen) atoms. The van der Waals surface area contributed by atoms with Gasteiger partial charge in [0.25, 0.3) is 0 Å². The molecule has 0 aromatic rings. The summed E-state index contributed by atoms with van der Waals surface area (Å²) in [5.74, 6) is 0. The van der Waals surface area contributed by atoms with Crippen molar-refractivity contribution in [1.82, 2.24) is 0 Å². The summed E-state index contributed by atoms with van der Waals surface area (Å²) in [4.78, 5) is 0. The molecule has 0 bridgehead atoms. The molecule has 0 aliphatic rings. The minimum atomic E-state index is -4.22. The fourth-order valence-corrected chi connectivity index (χ4v) is 1.89. The molecule has 0 rings (SSSR count). The zero-order valence-electron chi connectivity index (χ0n) is 4.87. The first-order valence-electron chi connectivity index (χ1n) is 2.61. The summed E-state index contributed by atoms with van der Waals surface area (Å²) in [5, 5.41) is 0.0920. The van der Waals surface area contributed by atoms with Gasteiger partial charge in [0.15, 0.2) is 0 Å². The van der Waals surface area contributed by atoms with Gasteiger partial charge in [0.1, 0.15) is 0 Å². The normalized spacial score (nSPS) is 11.9. The van der Waals surface area contributed by atoms with E-state index in [0.29, 0.717) is 6.42 Å². The van der Waals surface area contributed by atoms with E-state index in [0.717, 1.165) is 6.42 Å². The van der Waals surface area contributed by atoms with Crippen molar-refractivity contribution in [3.63, 3.8) is 0 Å². The second-order valence-electron chi connectivity index (χ2n) is 1.74. The summed E-state index contributed by atoms with van der Waals surface area (Å²) in [5.41, 5.74) is 0. The number of hydrogen-bond acceptors (Lipinski definition) is 1. The van der Waals surface area contributed by atoms with Crippen molar-refractivity contribution >= 4 is 14.2 Å². The molecule has 0 radical (unpaired) electrons. The van der Waals surface area contributed by atoms with Gasteiger partial charge in [0.05, 0.1) is 0 Å². The van der Waals surface area contributed by atoms with Crippen LogP contribution in [0.15, 0.2) is 0 Å². The Balaban J connectivity index is 3.26. The quantitative estimate of drug-likeness (QED) is 0.610. The van der Waals surface area contributed by atoms with Crippen LogP contribution in [-0.2, 0) is 3.74 Å². The molecule has 0 aromatic heterocycles. The van der Waals surface area contributed by atoms with Gasteiger partial charge in [-0.3, -0.25) is 0 Å². The van der Waals surface area contributed by atoms with Gasteiger partial charge in [0.2, 0.25) is 0 Å². The van der Waals surface area contributed by atoms with Crippen molar-refractivity contribution in [2.24, 2.45) is 0 Å². The Morgan fingerprint density at radius 2 is 2.00 bits per heavy atom. The van der Waals surface area contributed by atoms with Crippen LogP contribution in [0.25, 0.3) is 0 Å². The van der Waals surface area contributed by atoms with Gasteiger partial charge in [0, 0.05) is 0 Å². The van der Waals surface area contributed by atoms with Crippen LogP contribution in [0.4, 0.5) is 0 Å². The zero-order chi connectivity index (χ0) is 6.62. The third-order valence-corrected chi connectivity index (χ3v) is 2.69. The Kier molecular flexibility index (Phi) is 3.45. The van der Waals surface area contributed by atoms with Crippen molar-refractivity contribution in [1.29, 1.82) is 0 Å². The molecule has 0 saturated heterocycles. The van der Waals surface area contributed by atoms with Gasteiger partial charge in [-0.1, -0.05) is 0 Å². The number of unbranched alkanes of at least 4 members (excludes halogenated alkanes) is 1. The van der Waals surface area contributed by atoms with Crippen molar-refractivity contribution in [2.45, 2.75) is 25.0 Å². The van der Waals surface area contributed by atoms with Crippen LogP contribution in [0.5, 0.6) is 0 Å². The average Bonchev–Trinajstić information content (AvgIpc) is 1.59. The van der Waals surface area contributed by atoms with Crippen LogP contribution < -0.4 is 0 Å². The molecule has 0 aliphatic carbocycles. The SMILES string of the molecule is CCCC[As](=O)(O)O. The van der Waals surface area contributed by atoms with Crippen LogP contribution in [0, 0.1) is 0 Å². The maximum atomic E-state index is 10.1. The molecule has 3 nitrogen and oxygen atoms in total. The Labute approximate surface area is 51.7 Å². The summed E-state index contributed by atoms with van der Waals surface area (Å²) in [6.45, 7) is 1.91. The maximum absolute atomic E-state index is 10.1. The first kappa shape index (κ1) is 8.28. The van der Waals surface area contributed by atoms with Crippen LogP contribution in [0.1, 0.15) is 19.8 Å². The summed E-state index contributed by atoms with van der Waals surface area (Å²) in [6, 6.07) is 0. The topological polar surface area (TPSA) is 57.5 Å². The van der Waals surface area contributed by atoms with Gasteiger partial charge in [-0.25, -0.2) is 0 Å². The zero-order valence-corrected chi connectivity index (χ0v) is 6.75. The Hall–Kier alpha value is 0.278. The Morgan fingerprint density at radius 1 is 1.50 bits per heavy atom. The summed E-state index contributed by atoms with van der Waals surface area (Å²) >= 11 is -4.22. The predicted molar refractivity (Wildman–Crippen MR) is 30.6 cm³/mol. The van der Waals surface area contributed by atoms with Gasteiger partial charge in [-0.05, 0) is 0 Å². The molecular weight excluding hydrogens is 171 g/mol. The molecule has 0 spiro atoms. The molecule has 0 saturated carbocycles. The molecule has 0 aromatic carbocycles. The van der Waals surface area contributed by atoms with E-state index in [1.54, 1.807) is 0 Å². The number of hydrogen-bond donors (Lipinski definition) is 2. The third kappa shape index (κ3) is 6.28. The van der Waals surface area contributed by atoms with Gasteiger partial charge >= 0.3 is 51.1 Å². The van der Waals surface area contributed by atoms with E-state index in [4.69, 9.17) is 8.19 Å². The molecular formula is C4H11AsO3. The van der Waals surface area contributed by atoms with Crippen molar-refractivity contribution in [3.8, 4) is 0 Å². The molecule has 0 aliphatic heterocycles. The molecule has 0 fully saturated rings. The van der Waals surface area contributed by atoms with Crippen LogP contribution in [0.3, 0.4) is 0 Å². The van der Waals surface area contributed by atoms with Crippen LogP contribution in [0.2, 0.25) is 5.21 Å². The average molecular weight is 182 g/mol. The van der Waals surface area contributed by atoms with E-state index in [9.17, 15) is 3.74 Å². The molecule has 0 unspecified atom stereocenters. The monoisotopic (exact) mass is 182 g/mol. The van der Waals surface area contributed by atoms with E-state index >= 15 is 0 Å². The summed E-state index contributed by atoms with van der Waals surface area (Å²) < 4.78 is 26.8. The summed E-state index contributed by atoms with van der Waals surface area (Å²) in [7, 11) is 0. The van der Waals surface area contributed by atoms with Crippen LogP contribution in [-0.4, -0.2) is 22.4 Å². The van der Waals surface area contributed by atoms with Crippen LogP contribution >= 0.6 is 0 Å². The molecule has 2 N–H and O–H groups in total. The second-order valence-corrected chi connectivity index (χ2v) is 5.47. The fraction of sp³-hybridized carbons (Fsp3) is 1.00. The van der Waals surface area contributed by atoms with Crippen molar-refractivity contribution in [3.05, 3.63) is 0 Å². The van der Waals surface area contributed by atoms with E-state index in [-0.39, 0.29) is 5.21 Å². The van der Waals surface area contributed by atoms with E-state index in [1.165, 1.54) is 0 Å². The fourth-order valence-electron chi connectivity index (χ4n) is 0.364. The molecule has 4 heteroatoms. The molecule has 0 atom stereocenters. The molecule has 0 amide bonds. The summed E-state index contributed by atoms with van der Waals surface area (Å²) in [6.07, 6.45) is 1.50. The molecule has 0 heterocycles. The van der Waals surface area contributed by atoms with E-state index in [2.05, 4.69) is 0 Å². The van der Waals surface area contributed by atoms with E-state index < -0.39 is 14.2 Å². The Morgan fingerprint density at radius 3 is 2.12 bits per heavy atom. The minimum absolute atomic E-state index is 0.0920. The van der Waals surface area contributed by atoms with Crippen molar-refractivity contribution < 1.29 is 11.9 Å². The predicted octanol–water partition coefficient (Wildman–Crippen LogP) is 0.140. The first-order valence-corrected chi connectivity index (χ1v) is 6.38. The third-order valence-electron chi connectivity index (χ3n) is 0.803. The van der Waals surface area contributed by atoms with Gasteiger partial charge < -0.3 is 0 Å². The van der Waals surface area contributed by atoms with Gasteiger partial charge in [-0.2, -0.15) is 0 Å². The van der Waals surface area contributed by atoms with E-state index in [1.807, 2.05) is 6.92 Å². The van der Waals surface area contributed by atoms with Crippen molar-refractivity contribution in [2.75, 3.05) is 0 Å². The van der Waals surface area contributed by atoms with Gasteiger partial charge in [-0.15, -0.1) is 0 Å². The first-order chi connectivity index (χ1) is 3.56. The second kappa shape index (κ2) is 3.33. The molecule has 50 valence electrons. The standard InChI is InChI=1S/C4H11AsO3/c1-2-3-4-5(6,7)8/h2-4H2,1H3,(H2,6,7,8).